The van der Waals surface area contributed by atoms with E-state index in [4.69, 9.17) is 16.3 Å². The number of halogens is 1. The molecule has 1 aliphatic rings. The van der Waals surface area contributed by atoms with E-state index in [-0.39, 0.29) is 18.2 Å². The van der Waals surface area contributed by atoms with E-state index < -0.39 is 6.04 Å². The molecule has 2 N–H and O–H groups in total. The third-order valence-corrected chi connectivity index (χ3v) is 5.05. The molecule has 0 unspecified atom stereocenters. The number of nitrogens with one attached hydrogen (secondary N) is 2. The first-order chi connectivity index (χ1) is 14.0. The smallest absolute Gasteiger partial charge is 0.237 e. The zero-order chi connectivity index (χ0) is 20.6. The predicted octanol–water partition coefficient (Wildman–Crippen LogP) is 2.75. The number of carbonyl (C=O) groups excluding carboxylic acids is 2. The van der Waals surface area contributed by atoms with Crippen LogP contribution in [-0.2, 0) is 22.7 Å². The van der Waals surface area contributed by atoms with Crippen LogP contribution < -0.4 is 15.4 Å². The Morgan fingerprint density at radius 2 is 2.03 bits per heavy atom. The largest absolute Gasteiger partial charge is 0.494 e. The van der Waals surface area contributed by atoms with Crippen molar-refractivity contribution in [3.05, 3.63) is 64.7 Å². The fraction of sp³-hybridized carbons (Fsp3) is 0.364. The highest BCUT2D eigenvalue weighted by molar-refractivity contribution is 6.30. The number of amides is 2. The van der Waals surface area contributed by atoms with Gasteiger partial charge in [-0.05, 0) is 42.3 Å². The third-order valence-electron chi connectivity index (χ3n) is 4.82. The quantitative estimate of drug-likeness (QED) is 0.695. The molecular weight excluding hydrogens is 390 g/mol. The van der Waals surface area contributed by atoms with Crippen molar-refractivity contribution in [3.8, 4) is 5.75 Å². The van der Waals surface area contributed by atoms with Gasteiger partial charge in [-0.2, -0.15) is 0 Å². The molecule has 1 saturated heterocycles. The summed E-state index contributed by atoms with van der Waals surface area (Å²) >= 11 is 5.98. The van der Waals surface area contributed by atoms with Gasteiger partial charge in [0.1, 0.15) is 5.75 Å². The molecule has 1 heterocycles. The van der Waals surface area contributed by atoms with E-state index in [2.05, 4.69) is 10.6 Å². The van der Waals surface area contributed by atoms with E-state index in [9.17, 15) is 9.59 Å². The van der Waals surface area contributed by atoms with Crippen LogP contribution in [-0.4, -0.2) is 42.5 Å². The second-order valence-corrected chi connectivity index (χ2v) is 7.40. The van der Waals surface area contributed by atoms with Gasteiger partial charge in [-0.15, -0.1) is 0 Å². The first-order valence-electron chi connectivity index (χ1n) is 9.80. The average Bonchev–Trinajstić information content (AvgIpc) is 2.71. The maximum Gasteiger partial charge on any atom is 0.237 e. The highest BCUT2D eigenvalue weighted by atomic mass is 35.5. The van der Waals surface area contributed by atoms with Gasteiger partial charge in [-0.1, -0.05) is 35.9 Å². The molecule has 0 aliphatic carbocycles. The molecular formula is C22H26ClN3O3. The zero-order valence-electron chi connectivity index (χ0n) is 16.5. The van der Waals surface area contributed by atoms with Crippen LogP contribution in [0.5, 0.6) is 5.75 Å². The van der Waals surface area contributed by atoms with E-state index in [0.717, 1.165) is 16.9 Å². The van der Waals surface area contributed by atoms with Crippen molar-refractivity contribution < 1.29 is 14.3 Å². The van der Waals surface area contributed by atoms with E-state index in [1.807, 2.05) is 54.3 Å². The Kier molecular flexibility index (Phi) is 7.49. The van der Waals surface area contributed by atoms with Crippen LogP contribution >= 0.6 is 11.6 Å². The number of hydrogen-bond donors (Lipinski definition) is 2. The molecule has 1 atom stereocenters. The van der Waals surface area contributed by atoms with Gasteiger partial charge in [0.2, 0.25) is 11.8 Å². The first-order valence-corrected chi connectivity index (χ1v) is 10.2. The first kappa shape index (κ1) is 21.1. The summed E-state index contributed by atoms with van der Waals surface area (Å²) in [6.07, 6.45) is 0.115. The lowest BCUT2D eigenvalue weighted by Crippen LogP contribution is -2.56. The fourth-order valence-corrected chi connectivity index (χ4v) is 3.57. The van der Waals surface area contributed by atoms with Crippen LogP contribution in [0.1, 0.15) is 24.5 Å². The summed E-state index contributed by atoms with van der Waals surface area (Å²) in [6.45, 7) is 4.83. The second kappa shape index (κ2) is 10.3. The minimum absolute atomic E-state index is 0.111. The monoisotopic (exact) mass is 415 g/mol. The number of piperazine rings is 1. The summed E-state index contributed by atoms with van der Waals surface area (Å²) < 4.78 is 5.47. The molecule has 0 aromatic heterocycles. The van der Waals surface area contributed by atoms with Crippen molar-refractivity contribution in [2.75, 3.05) is 19.7 Å². The number of hydrogen-bond acceptors (Lipinski definition) is 4. The highest BCUT2D eigenvalue weighted by Crippen LogP contribution is 2.17. The van der Waals surface area contributed by atoms with Crippen molar-refractivity contribution in [1.82, 2.24) is 15.5 Å². The molecule has 2 amide bonds. The third kappa shape index (κ3) is 6.21. The average molecular weight is 416 g/mol. The standard InChI is InChI=1S/C22H26ClN3O3/c1-2-29-19-8-6-16(7-9-19)15-26-11-10-24-22(28)20(26)13-21(27)25-14-17-4-3-5-18(23)12-17/h3-9,12,20H,2,10-11,13-15H2,1H3,(H,24,28)(H,25,27)/t20-/m1/s1. The lowest BCUT2D eigenvalue weighted by Gasteiger charge is -2.34. The maximum absolute atomic E-state index is 12.5. The molecule has 1 aliphatic heterocycles. The molecule has 6 nitrogen and oxygen atoms in total. The SMILES string of the molecule is CCOc1ccc(CN2CCNC(=O)[C@H]2CC(=O)NCc2cccc(Cl)c2)cc1. The minimum atomic E-state index is -0.491. The van der Waals surface area contributed by atoms with E-state index in [1.165, 1.54) is 0 Å². The number of ether oxygens (including phenoxy) is 1. The normalized spacial score (nSPS) is 16.9. The molecule has 0 bridgehead atoms. The Morgan fingerprint density at radius 1 is 1.24 bits per heavy atom. The number of carbonyl (C=O) groups is 2. The Hall–Kier alpha value is -2.57. The molecule has 29 heavy (non-hydrogen) atoms. The van der Waals surface area contributed by atoms with Crippen LogP contribution in [0.25, 0.3) is 0 Å². The van der Waals surface area contributed by atoms with Gasteiger partial charge in [0, 0.05) is 31.2 Å². The predicted molar refractivity (Wildman–Crippen MR) is 113 cm³/mol. The molecule has 2 aromatic rings. The molecule has 154 valence electrons. The van der Waals surface area contributed by atoms with E-state index >= 15 is 0 Å². The van der Waals surface area contributed by atoms with Gasteiger partial charge in [0.15, 0.2) is 0 Å². The van der Waals surface area contributed by atoms with Crippen molar-refractivity contribution in [1.29, 1.82) is 0 Å². The summed E-state index contributed by atoms with van der Waals surface area (Å²) in [7, 11) is 0. The lowest BCUT2D eigenvalue weighted by molar-refractivity contribution is -0.134. The zero-order valence-corrected chi connectivity index (χ0v) is 17.2. The van der Waals surface area contributed by atoms with Gasteiger partial charge >= 0.3 is 0 Å². The molecule has 0 radical (unpaired) electrons. The topological polar surface area (TPSA) is 70.7 Å². The van der Waals surface area contributed by atoms with Crippen molar-refractivity contribution in [2.45, 2.75) is 32.5 Å². The van der Waals surface area contributed by atoms with Gasteiger partial charge in [0.25, 0.3) is 0 Å². The lowest BCUT2D eigenvalue weighted by atomic mass is 10.1. The minimum Gasteiger partial charge on any atom is -0.494 e. The molecule has 0 saturated carbocycles. The van der Waals surface area contributed by atoms with Crippen molar-refractivity contribution >= 4 is 23.4 Å². The molecule has 7 heteroatoms. The summed E-state index contributed by atoms with van der Waals surface area (Å²) in [4.78, 5) is 26.9. The number of nitrogens with zero attached hydrogens (tertiary/aromatic N) is 1. The number of rotatable bonds is 8. The second-order valence-electron chi connectivity index (χ2n) is 6.97. The Bertz CT molecular complexity index is 841. The summed E-state index contributed by atoms with van der Waals surface area (Å²) in [6, 6.07) is 14.7. The molecule has 2 aromatic carbocycles. The van der Waals surface area contributed by atoms with Gasteiger partial charge < -0.3 is 15.4 Å². The number of benzene rings is 2. The van der Waals surface area contributed by atoms with Crippen LogP contribution in [0, 0.1) is 0 Å². The van der Waals surface area contributed by atoms with Crippen LogP contribution in [0.15, 0.2) is 48.5 Å². The Labute approximate surface area is 176 Å². The van der Waals surface area contributed by atoms with E-state index in [1.54, 1.807) is 6.07 Å². The van der Waals surface area contributed by atoms with Crippen molar-refractivity contribution in [3.63, 3.8) is 0 Å². The van der Waals surface area contributed by atoms with E-state index in [0.29, 0.717) is 37.8 Å². The molecule has 0 spiro atoms. The van der Waals surface area contributed by atoms with Gasteiger partial charge in [-0.25, -0.2) is 0 Å². The van der Waals surface area contributed by atoms with Gasteiger partial charge in [-0.3, -0.25) is 14.5 Å². The van der Waals surface area contributed by atoms with Crippen LogP contribution in [0.2, 0.25) is 5.02 Å². The molecule has 1 fully saturated rings. The summed E-state index contributed by atoms with van der Waals surface area (Å²) in [5.74, 6) is 0.549. The maximum atomic E-state index is 12.5. The fourth-order valence-electron chi connectivity index (χ4n) is 3.36. The van der Waals surface area contributed by atoms with Crippen LogP contribution in [0.4, 0.5) is 0 Å². The molecule has 3 rings (SSSR count). The summed E-state index contributed by atoms with van der Waals surface area (Å²) in [5.41, 5.74) is 2.00. The Balaban J connectivity index is 1.58. The van der Waals surface area contributed by atoms with Gasteiger partial charge in [0.05, 0.1) is 19.1 Å². The van der Waals surface area contributed by atoms with Crippen molar-refractivity contribution in [2.24, 2.45) is 0 Å². The summed E-state index contributed by atoms with van der Waals surface area (Å²) in [5, 5.41) is 6.37. The Morgan fingerprint density at radius 3 is 2.76 bits per heavy atom. The highest BCUT2D eigenvalue weighted by Gasteiger charge is 2.31. The van der Waals surface area contributed by atoms with Crippen LogP contribution in [0.3, 0.4) is 0 Å².